The van der Waals surface area contributed by atoms with Gasteiger partial charge in [-0.1, -0.05) is 0 Å². The number of rotatable bonds is 3. The molecule has 1 aliphatic heterocycles. The fourth-order valence-corrected chi connectivity index (χ4v) is 1.77. The molecule has 1 fully saturated rings. The van der Waals surface area contributed by atoms with Gasteiger partial charge in [-0.3, -0.25) is 10.1 Å². The van der Waals surface area contributed by atoms with Crippen LogP contribution in [0.4, 0.5) is 10.5 Å². The van der Waals surface area contributed by atoms with Crippen LogP contribution >= 0.6 is 0 Å². The Morgan fingerprint density at radius 2 is 2.22 bits per heavy atom. The lowest BCUT2D eigenvalue weighted by atomic mass is 10.1. The van der Waals surface area contributed by atoms with Crippen molar-refractivity contribution < 1.29 is 19.6 Å². The molecule has 7 nitrogen and oxygen atoms in total. The minimum absolute atomic E-state index is 0.0446. The van der Waals surface area contributed by atoms with Gasteiger partial charge < -0.3 is 14.7 Å². The van der Waals surface area contributed by atoms with Gasteiger partial charge in [0.2, 0.25) is 0 Å². The lowest BCUT2D eigenvalue weighted by Gasteiger charge is -2.36. The molecule has 0 atom stereocenters. The largest absolute Gasteiger partial charge is 0.487 e. The molecule has 0 saturated carbocycles. The van der Waals surface area contributed by atoms with Crippen LogP contribution in [0, 0.1) is 17.0 Å². The second-order valence-electron chi connectivity index (χ2n) is 4.13. The highest BCUT2D eigenvalue weighted by molar-refractivity contribution is 5.66. The highest BCUT2D eigenvalue weighted by atomic mass is 16.6. The van der Waals surface area contributed by atoms with Crippen molar-refractivity contribution in [2.75, 3.05) is 13.1 Å². The monoisotopic (exact) mass is 252 g/mol. The Morgan fingerprint density at radius 1 is 1.56 bits per heavy atom. The zero-order chi connectivity index (χ0) is 13.3. The van der Waals surface area contributed by atoms with E-state index in [4.69, 9.17) is 9.84 Å². The third-order valence-electron chi connectivity index (χ3n) is 2.79. The van der Waals surface area contributed by atoms with E-state index in [1.54, 1.807) is 13.0 Å². The zero-order valence-electron chi connectivity index (χ0n) is 9.70. The smallest absolute Gasteiger partial charge is 0.407 e. The number of amides is 1. The first kappa shape index (κ1) is 12.2. The summed E-state index contributed by atoms with van der Waals surface area (Å²) in [5, 5.41) is 19.3. The Hall–Kier alpha value is -2.31. The Balaban J connectivity index is 1.98. The van der Waals surface area contributed by atoms with Gasteiger partial charge in [0.1, 0.15) is 11.9 Å². The van der Waals surface area contributed by atoms with Crippen LogP contribution < -0.4 is 4.74 Å². The number of benzene rings is 1. The third kappa shape index (κ3) is 2.34. The number of nitro groups is 1. The number of nitrogens with zero attached hydrogens (tertiary/aromatic N) is 2. The average molecular weight is 252 g/mol. The van der Waals surface area contributed by atoms with Crippen molar-refractivity contribution in [3.63, 3.8) is 0 Å². The molecule has 0 radical (unpaired) electrons. The summed E-state index contributed by atoms with van der Waals surface area (Å²) in [6.45, 7) is 2.28. The van der Waals surface area contributed by atoms with E-state index in [2.05, 4.69) is 0 Å². The molecule has 0 spiro atoms. The van der Waals surface area contributed by atoms with Gasteiger partial charge in [0.25, 0.3) is 5.69 Å². The molecule has 0 aliphatic carbocycles. The molecule has 18 heavy (non-hydrogen) atoms. The Labute approximate surface area is 103 Å². The predicted octanol–water partition coefficient (Wildman–Crippen LogP) is 1.64. The van der Waals surface area contributed by atoms with Crippen molar-refractivity contribution in [1.82, 2.24) is 4.90 Å². The van der Waals surface area contributed by atoms with Crippen LogP contribution in [0.15, 0.2) is 18.2 Å². The summed E-state index contributed by atoms with van der Waals surface area (Å²) in [6.07, 6.45) is -1.14. The van der Waals surface area contributed by atoms with Crippen LogP contribution in [-0.4, -0.2) is 40.2 Å². The minimum atomic E-state index is -0.963. The van der Waals surface area contributed by atoms with Gasteiger partial charge in [-0.25, -0.2) is 4.79 Å². The number of carboxylic acid groups (broad SMARTS) is 1. The fraction of sp³-hybridized carbons (Fsp3) is 0.364. The molecular formula is C11H12N2O5. The molecule has 2 rings (SSSR count). The van der Waals surface area contributed by atoms with E-state index in [1.165, 1.54) is 17.0 Å². The predicted molar refractivity (Wildman–Crippen MR) is 61.8 cm³/mol. The maximum Gasteiger partial charge on any atom is 0.407 e. The lowest BCUT2D eigenvalue weighted by molar-refractivity contribution is -0.385. The number of aryl methyl sites for hydroxylation is 1. The molecule has 1 aromatic rings. The average Bonchev–Trinajstić information content (AvgIpc) is 2.21. The normalized spacial score (nSPS) is 15.1. The van der Waals surface area contributed by atoms with Crippen molar-refractivity contribution >= 4 is 11.8 Å². The molecular weight excluding hydrogens is 240 g/mol. The number of hydrogen-bond acceptors (Lipinski definition) is 4. The van der Waals surface area contributed by atoms with Crippen molar-refractivity contribution in [3.05, 3.63) is 33.9 Å². The first-order chi connectivity index (χ1) is 8.47. The van der Waals surface area contributed by atoms with Gasteiger partial charge in [0.15, 0.2) is 0 Å². The van der Waals surface area contributed by atoms with E-state index in [-0.39, 0.29) is 11.8 Å². The summed E-state index contributed by atoms with van der Waals surface area (Å²) >= 11 is 0. The summed E-state index contributed by atoms with van der Waals surface area (Å²) in [6, 6.07) is 4.49. The van der Waals surface area contributed by atoms with E-state index < -0.39 is 11.0 Å². The molecule has 0 bridgehead atoms. The van der Waals surface area contributed by atoms with E-state index in [0.717, 1.165) is 0 Å². The molecule has 1 N–H and O–H groups in total. The Kier molecular flexibility index (Phi) is 3.05. The van der Waals surface area contributed by atoms with Crippen LogP contribution in [0.5, 0.6) is 5.75 Å². The van der Waals surface area contributed by atoms with E-state index in [9.17, 15) is 14.9 Å². The third-order valence-corrected chi connectivity index (χ3v) is 2.79. The van der Waals surface area contributed by atoms with Gasteiger partial charge in [-0.05, 0) is 19.1 Å². The molecule has 96 valence electrons. The van der Waals surface area contributed by atoms with E-state index >= 15 is 0 Å². The zero-order valence-corrected chi connectivity index (χ0v) is 9.70. The quantitative estimate of drug-likeness (QED) is 0.652. The molecule has 7 heteroatoms. The number of nitro benzene ring substituents is 1. The van der Waals surface area contributed by atoms with Crippen molar-refractivity contribution in [1.29, 1.82) is 0 Å². The molecule has 1 amide bonds. The number of ether oxygens (including phenoxy) is 1. The summed E-state index contributed by atoms with van der Waals surface area (Å²) in [5.74, 6) is 0.521. The molecule has 1 heterocycles. The van der Waals surface area contributed by atoms with Gasteiger partial charge in [0, 0.05) is 11.6 Å². The SMILES string of the molecule is Cc1cc(OC2CN(C(=O)O)C2)ccc1[N+](=O)[O-]. The van der Waals surface area contributed by atoms with E-state index in [1.807, 2.05) is 0 Å². The van der Waals surface area contributed by atoms with Crippen LogP contribution in [0.1, 0.15) is 5.56 Å². The molecule has 1 aliphatic rings. The van der Waals surface area contributed by atoms with Crippen LogP contribution in [0.25, 0.3) is 0 Å². The molecule has 0 unspecified atom stereocenters. The maximum absolute atomic E-state index is 10.6. The highest BCUT2D eigenvalue weighted by Crippen LogP contribution is 2.25. The van der Waals surface area contributed by atoms with Gasteiger partial charge in [0.05, 0.1) is 18.0 Å². The van der Waals surface area contributed by atoms with Gasteiger partial charge >= 0.3 is 6.09 Å². The number of likely N-dealkylation sites (tertiary alicyclic amines) is 1. The topological polar surface area (TPSA) is 92.9 Å². The highest BCUT2D eigenvalue weighted by Gasteiger charge is 2.32. The van der Waals surface area contributed by atoms with Crippen molar-refractivity contribution in [2.45, 2.75) is 13.0 Å². The number of hydrogen-bond donors (Lipinski definition) is 1. The van der Waals surface area contributed by atoms with Crippen LogP contribution in [0.2, 0.25) is 0 Å². The molecule has 0 aromatic heterocycles. The summed E-state index contributed by atoms with van der Waals surface area (Å²) in [7, 11) is 0. The molecule has 1 saturated heterocycles. The number of carbonyl (C=O) groups is 1. The standard InChI is InChI=1S/C11H12N2O5/c1-7-4-8(2-3-10(7)13(16)17)18-9-5-12(6-9)11(14)15/h2-4,9H,5-6H2,1H3,(H,14,15). The lowest BCUT2D eigenvalue weighted by Crippen LogP contribution is -2.55. The summed E-state index contributed by atoms with van der Waals surface area (Å²) in [5.41, 5.74) is 0.565. The summed E-state index contributed by atoms with van der Waals surface area (Å²) < 4.78 is 5.52. The Morgan fingerprint density at radius 3 is 2.72 bits per heavy atom. The van der Waals surface area contributed by atoms with Crippen LogP contribution in [-0.2, 0) is 0 Å². The minimum Gasteiger partial charge on any atom is -0.487 e. The van der Waals surface area contributed by atoms with Crippen LogP contribution in [0.3, 0.4) is 0 Å². The fourth-order valence-electron chi connectivity index (χ4n) is 1.77. The van der Waals surface area contributed by atoms with Crippen molar-refractivity contribution in [2.24, 2.45) is 0 Å². The second-order valence-corrected chi connectivity index (χ2v) is 4.13. The first-order valence-corrected chi connectivity index (χ1v) is 5.37. The Bertz CT molecular complexity index is 496. The van der Waals surface area contributed by atoms with Crippen molar-refractivity contribution in [3.8, 4) is 5.75 Å². The summed E-state index contributed by atoms with van der Waals surface area (Å²) in [4.78, 5) is 22.0. The van der Waals surface area contributed by atoms with E-state index in [0.29, 0.717) is 24.4 Å². The second kappa shape index (κ2) is 4.52. The first-order valence-electron chi connectivity index (χ1n) is 5.37. The maximum atomic E-state index is 10.6. The van der Waals surface area contributed by atoms with Gasteiger partial charge in [-0.15, -0.1) is 0 Å². The molecule has 1 aromatic carbocycles. The van der Waals surface area contributed by atoms with Gasteiger partial charge in [-0.2, -0.15) is 0 Å².